The molecule has 0 aliphatic carbocycles. The molecule has 4 nitrogen and oxygen atoms in total. The summed E-state index contributed by atoms with van der Waals surface area (Å²) < 4.78 is 2.24. The molecule has 0 aliphatic heterocycles. The van der Waals surface area contributed by atoms with E-state index in [1.165, 1.54) is 15.6 Å². The molecule has 3 aromatic heterocycles. The van der Waals surface area contributed by atoms with Crippen molar-refractivity contribution in [1.82, 2.24) is 9.97 Å². The Balaban J connectivity index is 1.31. The normalized spacial score (nSPS) is 12.0. The fourth-order valence-corrected chi connectivity index (χ4v) is 9.08. The summed E-state index contributed by atoms with van der Waals surface area (Å²) in [5.74, 6) is 1.09. The van der Waals surface area contributed by atoms with Crippen LogP contribution < -0.4 is 4.90 Å². The highest BCUT2D eigenvalue weighted by Crippen LogP contribution is 2.48. The molecule has 6 aromatic carbocycles. The lowest BCUT2D eigenvalue weighted by Crippen LogP contribution is -2.17. The Kier molecular flexibility index (Phi) is 9.65. The van der Waals surface area contributed by atoms with E-state index in [-0.39, 0.29) is 16.6 Å². The van der Waals surface area contributed by atoms with E-state index in [2.05, 4.69) is 192 Å². The van der Waals surface area contributed by atoms with Crippen LogP contribution in [-0.4, -0.2) is 15.1 Å². The Bertz CT molecular complexity index is 2940. The Hall–Kier alpha value is -6.56. The quantitative estimate of drug-likeness (QED) is 0.175. The number of hydrogen-bond acceptors (Lipinski definition) is 5. The number of phenolic OH excluding ortho intramolecular Hbond substituents is 1. The van der Waals surface area contributed by atoms with E-state index in [1.54, 1.807) is 11.3 Å². The lowest BCUT2D eigenvalue weighted by atomic mass is 9.78. The average Bonchev–Trinajstić information content (AvgIpc) is 3.63. The molecule has 0 radical (unpaired) electrons. The van der Waals surface area contributed by atoms with Crippen LogP contribution in [0.4, 0.5) is 17.2 Å². The standard InChI is InChI=1S/C54H47N3OS/c1-53(2,3)40-32-45(51(58)46(33-40)54(4,5)6)50-52-44(43-21-13-14-22-48(43)59-52)34-47(56-50)39-29-38(36-19-11-8-12-20-36)30-42(31-39)57(49-23-15-16-28-55-49)41-26-24-37(25-27-41)35-17-9-7-10-18-35/h7-34,58H,1-6H3. The zero-order valence-electron chi connectivity index (χ0n) is 34.4. The number of nitrogens with zero attached hydrogens (tertiary/aromatic N) is 3. The maximum absolute atomic E-state index is 12.3. The number of anilines is 3. The van der Waals surface area contributed by atoms with Gasteiger partial charge in [-0.15, -0.1) is 11.3 Å². The molecule has 0 amide bonds. The molecule has 59 heavy (non-hydrogen) atoms. The van der Waals surface area contributed by atoms with E-state index in [0.29, 0.717) is 0 Å². The molecular weight excluding hydrogens is 739 g/mol. The molecule has 0 spiro atoms. The van der Waals surface area contributed by atoms with Gasteiger partial charge in [-0.3, -0.25) is 4.90 Å². The minimum absolute atomic E-state index is 0.146. The summed E-state index contributed by atoms with van der Waals surface area (Å²) in [4.78, 5) is 12.7. The SMILES string of the molecule is CC(C)(C)c1cc(-c2nc(-c3cc(-c4ccccc4)cc(N(c4ccc(-c5ccccc5)cc4)c4ccccn4)c3)cc3c2sc2ccccc23)c(O)c(C(C)(C)C)c1. The summed E-state index contributed by atoms with van der Waals surface area (Å²) >= 11 is 1.73. The smallest absolute Gasteiger partial charge is 0.137 e. The third kappa shape index (κ3) is 7.39. The number of rotatable bonds is 7. The predicted molar refractivity (Wildman–Crippen MR) is 250 cm³/mol. The van der Waals surface area contributed by atoms with Gasteiger partial charge in [-0.2, -0.15) is 0 Å². The number of benzene rings is 6. The van der Waals surface area contributed by atoms with Crippen LogP contribution in [0.1, 0.15) is 52.7 Å². The monoisotopic (exact) mass is 785 g/mol. The highest BCUT2D eigenvalue weighted by Gasteiger charge is 2.28. The molecule has 9 aromatic rings. The molecule has 0 unspecified atom stereocenters. The van der Waals surface area contributed by atoms with Crippen molar-refractivity contribution in [3.05, 3.63) is 181 Å². The molecule has 0 fully saturated rings. The van der Waals surface area contributed by atoms with Gasteiger partial charge in [0.25, 0.3) is 0 Å². The number of aromatic hydroxyl groups is 1. The fraction of sp³-hybridized carbons (Fsp3) is 0.148. The first-order valence-electron chi connectivity index (χ1n) is 20.2. The average molecular weight is 786 g/mol. The number of pyridine rings is 2. The van der Waals surface area contributed by atoms with Crippen LogP contribution in [0.5, 0.6) is 5.75 Å². The lowest BCUT2D eigenvalue weighted by molar-refractivity contribution is 0.446. The molecule has 3 heterocycles. The van der Waals surface area contributed by atoms with Gasteiger partial charge >= 0.3 is 0 Å². The fourth-order valence-electron chi connectivity index (χ4n) is 7.89. The number of thiophene rings is 1. The topological polar surface area (TPSA) is 49.2 Å². The Morgan fingerprint density at radius 1 is 0.525 bits per heavy atom. The summed E-state index contributed by atoms with van der Waals surface area (Å²) in [6, 6.07) is 57.6. The van der Waals surface area contributed by atoms with Gasteiger partial charge in [0.05, 0.1) is 16.1 Å². The third-order valence-electron chi connectivity index (χ3n) is 11.1. The first kappa shape index (κ1) is 38.0. The van der Waals surface area contributed by atoms with Crippen molar-refractivity contribution in [1.29, 1.82) is 0 Å². The van der Waals surface area contributed by atoms with Crippen molar-refractivity contribution >= 4 is 48.7 Å². The lowest BCUT2D eigenvalue weighted by Gasteiger charge is -2.27. The number of phenols is 1. The summed E-state index contributed by atoms with van der Waals surface area (Å²) in [7, 11) is 0. The molecular formula is C54H47N3OS. The van der Waals surface area contributed by atoms with E-state index in [9.17, 15) is 5.11 Å². The van der Waals surface area contributed by atoms with Gasteiger partial charge in [-0.1, -0.05) is 145 Å². The predicted octanol–water partition coefficient (Wildman–Crippen LogP) is 15.3. The van der Waals surface area contributed by atoms with Crippen LogP contribution in [0, 0.1) is 0 Å². The second kappa shape index (κ2) is 15.0. The van der Waals surface area contributed by atoms with Crippen LogP contribution in [0.15, 0.2) is 170 Å². The van der Waals surface area contributed by atoms with Gasteiger partial charge in [0.2, 0.25) is 0 Å². The van der Waals surface area contributed by atoms with Crippen molar-refractivity contribution in [2.45, 2.75) is 52.4 Å². The maximum Gasteiger partial charge on any atom is 0.137 e. The van der Waals surface area contributed by atoms with Crippen LogP contribution in [-0.2, 0) is 10.8 Å². The van der Waals surface area contributed by atoms with Crippen LogP contribution >= 0.6 is 11.3 Å². The molecule has 9 rings (SSSR count). The summed E-state index contributed by atoms with van der Waals surface area (Å²) in [5, 5.41) is 14.6. The van der Waals surface area contributed by atoms with E-state index in [0.717, 1.165) is 77.6 Å². The van der Waals surface area contributed by atoms with Crippen molar-refractivity contribution in [3.8, 4) is 50.5 Å². The molecule has 290 valence electrons. The number of fused-ring (bicyclic) bond motifs is 3. The molecule has 0 aliphatic rings. The molecule has 0 bridgehead atoms. The highest BCUT2D eigenvalue weighted by atomic mass is 32.1. The van der Waals surface area contributed by atoms with E-state index in [1.807, 2.05) is 24.4 Å². The number of aromatic nitrogens is 2. The van der Waals surface area contributed by atoms with E-state index < -0.39 is 0 Å². The maximum atomic E-state index is 12.3. The first-order valence-corrected chi connectivity index (χ1v) is 21.0. The van der Waals surface area contributed by atoms with Gasteiger partial charge in [0.15, 0.2) is 0 Å². The second-order valence-corrected chi connectivity index (χ2v) is 18.4. The minimum atomic E-state index is -0.288. The van der Waals surface area contributed by atoms with Gasteiger partial charge in [-0.25, -0.2) is 9.97 Å². The second-order valence-electron chi connectivity index (χ2n) is 17.3. The summed E-state index contributed by atoms with van der Waals surface area (Å²) in [5.41, 5.74) is 11.4. The Morgan fingerprint density at radius 3 is 1.81 bits per heavy atom. The van der Waals surface area contributed by atoms with E-state index in [4.69, 9.17) is 9.97 Å². The van der Waals surface area contributed by atoms with Crippen molar-refractivity contribution in [2.24, 2.45) is 0 Å². The number of hydrogen-bond donors (Lipinski definition) is 1. The molecule has 0 atom stereocenters. The zero-order chi connectivity index (χ0) is 40.9. The first-order chi connectivity index (χ1) is 28.4. The largest absolute Gasteiger partial charge is 0.507 e. The molecule has 0 saturated carbocycles. The van der Waals surface area contributed by atoms with Gasteiger partial charge in [0.1, 0.15) is 11.6 Å². The van der Waals surface area contributed by atoms with Crippen molar-refractivity contribution in [3.63, 3.8) is 0 Å². The van der Waals surface area contributed by atoms with E-state index >= 15 is 0 Å². The molecule has 5 heteroatoms. The Labute approximate surface area is 351 Å². The molecule has 0 saturated heterocycles. The third-order valence-corrected chi connectivity index (χ3v) is 12.3. The van der Waals surface area contributed by atoms with Crippen molar-refractivity contribution in [2.75, 3.05) is 4.90 Å². The highest BCUT2D eigenvalue weighted by molar-refractivity contribution is 7.26. The van der Waals surface area contributed by atoms with Crippen LogP contribution in [0.2, 0.25) is 0 Å². The molecule has 1 N–H and O–H groups in total. The zero-order valence-corrected chi connectivity index (χ0v) is 35.2. The van der Waals surface area contributed by atoms with Crippen LogP contribution in [0.3, 0.4) is 0 Å². The van der Waals surface area contributed by atoms with Crippen LogP contribution in [0.25, 0.3) is 64.9 Å². The summed E-state index contributed by atoms with van der Waals surface area (Å²) in [6.07, 6.45) is 1.84. The van der Waals surface area contributed by atoms with Gasteiger partial charge in [-0.05, 0) is 99.3 Å². The van der Waals surface area contributed by atoms with Gasteiger partial charge in [0, 0.05) is 49.7 Å². The van der Waals surface area contributed by atoms with Gasteiger partial charge < -0.3 is 5.11 Å². The Morgan fingerprint density at radius 2 is 1.15 bits per heavy atom. The van der Waals surface area contributed by atoms with Crippen molar-refractivity contribution < 1.29 is 5.11 Å². The minimum Gasteiger partial charge on any atom is -0.507 e. The summed E-state index contributed by atoms with van der Waals surface area (Å²) in [6.45, 7) is 13.2.